The summed E-state index contributed by atoms with van der Waals surface area (Å²) in [7, 11) is 0. The number of carboxylic acid groups (broad SMARTS) is 2. The van der Waals surface area contributed by atoms with E-state index in [2.05, 4.69) is 41.5 Å². The van der Waals surface area contributed by atoms with Crippen molar-refractivity contribution in [1.82, 2.24) is 0 Å². The summed E-state index contributed by atoms with van der Waals surface area (Å²) in [5.74, 6) is -1.75. The van der Waals surface area contributed by atoms with Crippen LogP contribution in [0.2, 0.25) is 0 Å². The van der Waals surface area contributed by atoms with E-state index in [0.717, 1.165) is 19.3 Å². The van der Waals surface area contributed by atoms with Gasteiger partial charge in [0.05, 0.1) is 12.8 Å². The van der Waals surface area contributed by atoms with Gasteiger partial charge in [0.2, 0.25) is 0 Å². The Balaban J connectivity index is 1.54. The van der Waals surface area contributed by atoms with E-state index in [1.54, 1.807) is 6.92 Å². The van der Waals surface area contributed by atoms with Gasteiger partial charge in [0.15, 0.2) is 5.78 Å². The highest BCUT2D eigenvalue weighted by Crippen LogP contribution is 2.75. The van der Waals surface area contributed by atoms with Crippen molar-refractivity contribution in [2.75, 3.05) is 0 Å². The third-order valence-corrected chi connectivity index (χ3v) is 14.0. The predicted octanol–water partition coefficient (Wildman–Crippen LogP) is 6.68. The summed E-state index contributed by atoms with van der Waals surface area (Å²) in [5, 5.41) is 19.6. The minimum absolute atomic E-state index is 0.130. The van der Waals surface area contributed by atoms with Crippen LogP contribution in [0, 0.1) is 56.7 Å². The maximum atomic E-state index is 14.5. The van der Waals surface area contributed by atoms with E-state index in [0.29, 0.717) is 37.0 Å². The molecule has 41 heavy (non-hydrogen) atoms. The predicted molar refractivity (Wildman–Crippen MR) is 154 cm³/mol. The van der Waals surface area contributed by atoms with Gasteiger partial charge in [-0.1, -0.05) is 47.1 Å². The number of allylic oxidation sites excluding steroid dienone is 2. The van der Waals surface area contributed by atoms with Gasteiger partial charge in [-0.3, -0.25) is 19.2 Å². The third-order valence-electron chi connectivity index (χ3n) is 14.0. The van der Waals surface area contributed by atoms with Crippen LogP contribution in [0.25, 0.3) is 0 Å². The number of rotatable bonds is 5. The van der Waals surface area contributed by atoms with E-state index in [9.17, 15) is 24.3 Å². The Kier molecular flexibility index (Phi) is 7.14. The molecule has 228 valence electrons. The second kappa shape index (κ2) is 9.67. The van der Waals surface area contributed by atoms with Gasteiger partial charge in [-0.15, -0.1) is 0 Å². The van der Waals surface area contributed by atoms with Gasteiger partial charge >= 0.3 is 17.9 Å². The van der Waals surface area contributed by atoms with Crippen LogP contribution in [-0.2, 0) is 23.9 Å². The Labute approximate surface area is 244 Å². The Morgan fingerprint density at radius 2 is 1.59 bits per heavy atom. The van der Waals surface area contributed by atoms with E-state index < -0.39 is 34.8 Å². The summed E-state index contributed by atoms with van der Waals surface area (Å²) in [6.45, 7) is 15.7. The van der Waals surface area contributed by atoms with Gasteiger partial charge in [0.25, 0.3) is 0 Å². The molecule has 4 fully saturated rings. The summed E-state index contributed by atoms with van der Waals surface area (Å²) >= 11 is 0. The first-order valence-electron chi connectivity index (χ1n) is 15.9. The molecule has 7 nitrogen and oxygen atoms in total. The summed E-state index contributed by atoms with van der Waals surface area (Å²) in [4.78, 5) is 51.0. The van der Waals surface area contributed by atoms with Crippen molar-refractivity contribution in [3.05, 3.63) is 11.6 Å². The van der Waals surface area contributed by atoms with E-state index in [-0.39, 0.29) is 46.7 Å². The minimum atomic E-state index is -1.36. The number of ketones is 1. The zero-order valence-electron chi connectivity index (χ0n) is 26.0. The number of aliphatic carboxylic acids is 2. The van der Waals surface area contributed by atoms with Gasteiger partial charge in [-0.05, 0) is 110 Å². The van der Waals surface area contributed by atoms with E-state index in [4.69, 9.17) is 9.84 Å². The largest absolute Gasteiger partial charge is 0.481 e. The molecule has 0 aliphatic heterocycles. The molecule has 5 rings (SSSR count). The molecule has 5 aliphatic carbocycles. The highest BCUT2D eigenvalue weighted by molar-refractivity contribution is 5.96. The SMILES string of the molecule is C[C@H]1[C@H](C)CC[C@]2(C)CC[C@]3(C)C(=CC(=O)[C@@H]4[C@@]5(C)CC[C@H](OC(=O)CCC(=O)O)[C@](C)(C(=O)O)[C@@H]5CC[C@]43C)[C@H]12. The Bertz CT molecular complexity index is 1190. The Morgan fingerprint density at radius 3 is 2.22 bits per heavy atom. The summed E-state index contributed by atoms with van der Waals surface area (Å²) in [6, 6.07) is 0. The molecule has 5 aliphatic rings. The molecule has 4 saturated carbocycles. The lowest BCUT2D eigenvalue weighted by atomic mass is 9.33. The van der Waals surface area contributed by atoms with Crippen LogP contribution < -0.4 is 0 Å². The Morgan fingerprint density at radius 1 is 0.902 bits per heavy atom. The lowest BCUT2D eigenvalue weighted by Crippen LogP contribution is -2.68. The molecule has 0 unspecified atom stereocenters. The molecule has 0 radical (unpaired) electrons. The average Bonchev–Trinajstić information content (AvgIpc) is 2.88. The maximum Gasteiger partial charge on any atom is 0.313 e. The quantitative estimate of drug-likeness (QED) is 0.354. The van der Waals surface area contributed by atoms with Crippen molar-refractivity contribution in [2.24, 2.45) is 56.7 Å². The van der Waals surface area contributed by atoms with E-state index >= 15 is 0 Å². The zero-order valence-corrected chi connectivity index (χ0v) is 26.0. The van der Waals surface area contributed by atoms with Crippen LogP contribution in [0.3, 0.4) is 0 Å². The minimum Gasteiger partial charge on any atom is -0.481 e. The first-order valence-corrected chi connectivity index (χ1v) is 15.9. The standard InChI is InChI=1S/C34H50O7/c1-19-10-13-30(3)16-17-32(5)21(27(30)20(19)2)18-22(35)28-31(4)14-12-24(41-26(38)9-8-25(36)37)34(7,29(39)40)23(31)11-15-33(28,32)6/h18-20,23-24,27-28H,8-17H2,1-7H3,(H,36,37)(H,39,40)/t19-,20+,23-,24+,27+,28-,30-,31+,32-,33-,34-/m1/s1. The molecule has 2 N–H and O–H groups in total. The fourth-order valence-electron chi connectivity index (χ4n) is 11.2. The van der Waals surface area contributed by atoms with Crippen LogP contribution in [0.15, 0.2) is 11.6 Å². The van der Waals surface area contributed by atoms with Crippen LogP contribution in [-0.4, -0.2) is 40.0 Å². The van der Waals surface area contributed by atoms with Gasteiger partial charge in [-0.25, -0.2) is 0 Å². The number of hydrogen-bond donors (Lipinski definition) is 2. The monoisotopic (exact) mass is 570 g/mol. The van der Waals surface area contributed by atoms with Crippen molar-refractivity contribution in [3.63, 3.8) is 0 Å². The number of ether oxygens (including phenoxy) is 1. The topological polar surface area (TPSA) is 118 Å². The number of esters is 1. The zero-order chi connectivity index (χ0) is 30.3. The molecule has 0 amide bonds. The van der Waals surface area contributed by atoms with Crippen molar-refractivity contribution in [2.45, 2.75) is 119 Å². The number of fused-ring (bicyclic) bond motifs is 7. The summed E-state index contributed by atoms with van der Waals surface area (Å²) in [6.07, 6.45) is 7.52. The molecule has 11 atom stereocenters. The second-order valence-electron chi connectivity index (χ2n) is 15.8. The molecule has 0 heterocycles. The van der Waals surface area contributed by atoms with Crippen molar-refractivity contribution < 1.29 is 34.1 Å². The van der Waals surface area contributed by atoms with Gasteiger partial charge < -0.3 is 14.9 Å². The van der Waals surface area contributed by atoms with E-state index in [1.165, 1.54) is 18.4 Å². The molecule has 0 aromatic rings. The number of carboxylic acids is 2. The van der Waals surface area contributed by atoms with Crippen LogP contribution >= 0.6 is 0 Å². The van der Waals surface area contributed by atoms with Gasteiger partial charge in [0.1, 0.15) is 11.5 Å². The van der Waals surface area contributed by atoms with E-state index in [1.807, 2.05) is 6.08 Å². The maximum absolute atomic E-state index is 14.5. The molecule has 0 aromatic heterocycles. The average molecular weight is 571 g/mol. The normalized spacial score (nSPS) is 49.0. The van der Waals surface area contributed by atoms with Gasteiger partial charge in [-0.2, -0.15) is 0 Å². The summed E-state index contributed by atoms with van der Waals surface area (Å²) in [5.41, 5.74) is -0.764. The molecule has 0 spiro atoms. The molecule has 0 bridgehead atoms. The number of hydrogen-bond acceptors (Lipinski definition) is 5. The van der Waals surface area contributed by atoms with Crippen molar-refractivity contribution in [1.29, 1.82) is 0 Å². The lowest BCUT2D eigenvalue weighted by Gasteiger charge is -2.70. The van der Waals surface area contributed by atoms with Crippen LogP contribution in [0.5, 0.6) is 0 Å². The molecule has 7 heteroatoms. The fraction of sp³-hybridized carbons (Fsp3) is 0.824. The molecular weight excluding hydrogens is 520 g/mol. The van der Waals surface area contributed by atoms with Gasteiger partial charge in [0, 0.05) is 5.92 Å². The first-order chi connectivity index (χ1) is 19.0. The summed E-state index contributed by atoms with van der Waals surface area (Å²) < 4.78 is 5.72. The fourth-order valence-corrected chi connectivity index (χ4v) is 11.2. The third kappa shape index (κ3) is 4.10. The van der Waals surface area contributed by atoms with Crippen LogP contribution in [0.4, 0.5) is 0 Å². The highest BCUT2D eigenvalue weighted by atomic mass is 16.5. The number of carbonyl (C=O) groups is 4. The lowest BCUT2D eigenvalue weighted by molar-refractivity contribution is -0.221. The van der Waals surface area contributed by atoms with Crippen molar-refractivity contribution in [3.8, 4) is 0 Å². The van der Waals surface area contributed by atoms with Crippen molar-refractivity contribution >= 4 is 23.7 Å². The second-order valence-corrected chi connectivity index (χ2v) is 15.8. The Hall–Kier alpha value is -2.18. The molecule has 0 aromatic carbocycles. The first kappa shape index (κ1) is 30.3. The smallest absolute Gasteiger partial charge is 0.313 e. The van der Waals surface area contributed by atoms with Crippen LogP contribution in [0.1, 0.15) is 113 Å². The highest BCUT2D eigenvalue weighted by Gasteiger charge is 2.72. The number of carbonyl (C=O) groups excluding carboxylic acids is 2. The molecular formula is C34H50O7. The molecule has 0 saturated heterocycles.